The molecular formula is C13H21NO2. The number of hydrogen-bond donors (Lipinski definition) is 0. The lowest BCUT2D eigenvalue weighted by molar-refractivity contribution is 0.0992. The molecule has 1 aliphatic carbocycles. The number of carbonyl (C=O) groups excluding carboxylic acids is 1. The third-order valence-electron chi connectivity index (χ3n) is 2.52. The summed E-state index contributed by atoms with van der Waals surface area (Å²) in [7, 11) is 0. The molecule has 0 N–H and O–H groups in total. The number of ether oxygens (including phenoxy) is 1. The van der Waals surface area contributed by atoms with Crippen molar-refractivity contribution in [2.75, 3.05) is 0 Å². The van der Waals surface area contributed by atoms with E-state index in [0.717, 1.165) is 18.6 Å². The van der Waals surface area contributed by atoms with Gasteiger partial charge in [-0.25, -0.2) is 4.79 Å². The first kappa shape index (κ1) is 12.8. The molecule has 0 bridgehead atoms. The molecule has 0 heterocycles. The monoisotopic (exact) mass is 223 g/mol. The summed E-state index contributed by atoms with van der Waals surface area (Å²) in [5, 5.41) is 0. The third-order valence-corrected chi connectivity index (χ3v) is 2.52. The van der Waals surface area contributed by atoms with E-state index < -0.39 is 0 Å². The summed E-state index contributed by atoms with van der Waals surface area (Å²) >= 11 is 0. The van der Waals surface area contributed by atoms with Gasteiger partial charge in [0.1, 0.15) is 5.76 Å². The van der Waals surface area contributed by atoms with Crippen LogP contribution in [-0.2, 0) is 4.74 Å². The molecule has 90 valence electrons. The Balaban J connectivity index is 2.62. The standard InChI is InChI=1S/C13H21NO2/c1-10(2)14(11(3)4)13(15)16-12-8-6-5-7-9-12/h5-6,8,10-11H,7,9H2,1-4H3. The first-order chi connectivity index (χ1) is 7.52. The Morgan fingerprint density at radius 3 is 2.38 bits per heavy atom. The molecule has 1 aliphatic rings. The molecule has 0 aromatic carbocycles. The maximum Gasteiger partial charge on any atom is 0.415 e. The van der Waals surface area contributed by atoms with Crippen molar-refractivity contribution >= 4 is 6.09 Å². The summed E-state index contributed by atoms with van der Waals surface area (Å²) in [6.07, 6.45) is 7.38. The molecule has 0 saturated heterocycles. The van der Waals surface area contributed by atoms with Gasteiger partial charge in [0.15, 0.2) is 0 Å². The lowest BCUT2D eigenvalue weighted by Gasteiger charge is -2.30. The number of nitrogens with zero attached hydrogens (tertiary/aromatic N) is 1. The zero-order valence-corrected chi connectivity index (χ0v) is 10.6. The van der Waals surface area contributed by atoms with Gasteiger partial charge in [-0.3, -0.25) is 0 Å². The van der Waals surface area contributed by atoms with E-state index in [2.05, 4.69) is 6.08 Å². The topological polar surface area (TPSA) is 29.5 Å². The number of allylic oxidation sites excluding steroid dienone is 4. The second-order valence-corrected chi connectivity index (χ2v) is 4.56. The summed E-state index contributed by atoms with van der Waals surface area (Å²) in [5.41, 5.74) is 0. The molecule has 1 amide bonds. The summed E-state index contributed by atoms with van der Waals surface area (Å²) in [6.45, 7) is 7.99. The largest absolute Gasteiger partial charge is 0.415 e. The first-order valence-electron chi connectivity index (χ1n) is 5.88. The fraction of sp³-hybridized carbons (Fsp3) is 0.615. The molecule has 3 heteroatoms. The van der Waals surface area contributed by atoms with Crippen LogP contribution in [0.25, 0.3) is 0 Å². The molecule has 0 atom stereocenters. The fourth-order valence-electron chi connectivity index (χ4n) is 1.85. The van der Waals surface area contributed by atoms with E-state index >= 15 is 0 Å². The smallest absolute Gasteiger partial charge is 0.415 e. The molecule has 0 aromatic rings. The van der Waals surface area contributed by atoms with E-state index in [0.29, 0.717) is 0 Å². The lowest BCUT2D eigenvalue weighted by atomic mass is 10.2. The van der Waals surface area contributed by atoms with Crippen molar-refractivity contribution in [3.63, 3.8) is 0 Å². The van der Waals surface area contributed by atoms with Crippen molar-refractivity contribution in [3.05, 3.63) is 24.0 Å². The second kappa shape index (κ2) is 5.73. The lowest BCUT2D eigenvalue weighted by Crippen LogP contribution is -2.42. The van der Waals surface area contributed by atoms with Crippen molar-refractivity contribution in [3.8, 4) is 0 Å². The molecule has 0 unspecified atom stereocenters. The van der Waals surface area contributed by atoms with Crippen LogP contribution in [0.15, 0.2) is 24.0 Å². The Morgan fingerprint density at radius 2 is 1.94 bits per heavy atom. The van der Waals surface area contributed by atoms with Crippen molar-refractivity contribution in [1.29, 1.82) is 0 Å². The number of carbonyl (C=O) groups is 1. The first-order valence-corrected chi connectivity index (χ1v) is 5.88. The maximum atomic E-state index is 11.9. The van der Waals surface area contributed by atoms with E-state index in [1.807, 2.05) is 39.8 Å². The van der Waals surface area contributed by atoms with Crippen LogP contribution < -0.4 is 0 Å². The van der Waals surface area contributed by atoms with Crippen molar-refractivity contribution in [2.45, 2.75) is 52.6 Å². The quantitative estimate of drug-likeness (QED) is 0.733. The van der Waals surface area contributed by atoms with Crippen LogP contribution in [0.5, 0.6) is 0 Å². The predicted molar refractivity (Wildman–Crippen MR) is 65.0 cm³/mol. The fourth-order valence-corrected chi connectivity index (χ4v) is 1.85. The summed E-state index contributed by atoms with van der Waals surface area (Å²) in [6, 6.07) is 0.319. The van der Waals surface area contributed by atoms with E-state index in [1.54, 1.807) is 4.90 Å². The van der Waals surface area contributed by atoms with Crippen LogP contribution in [0.3, 0.4) is 0 Å². The minimum absolute atomic E-state index is 0.159. The van der Waals surface area contributed by atoms with Gasteiger partial charge in [0.25, 0.3) is 0 Å². The Bertz CT molecular complexity index is 295. The molecule has 3 nitrogen and oxygen atoms in total. The molecule has 0 aliphatic heterocycles. The maximum absolute atomic E-state index is 11.9. The van der Waals surface area contributed by atoms with Gasteiger partial charge in [-0.15, -0.1) is 0 Å². The van der Waals surface area contributed by atoms with Gasteiger partial charge < -0.3 is 9.64 Å². The highest BCUT2D eigenvalue weighted by atomic mass is 16.6. The average molecular weight is 223 g/mol. The molecule has 0 aromatic heterocycles. The molecule has 16 heavy (non-hydrogen) atoms. The van der Waals surface area contributed by atoms with E-state index in [-0.39, 0.29) is 18.2 Å². The number of rotatable bonds is 3. The van der Waals surface area contributed by atoms with Gasteiger partial charge in [-0.05, 0) is 40.2 Å². The second-order valence-electron chi connectivity index (χ2n) is 4.56. The van der Waals surface area contributed by atoms with Gasteiger partial charge in [0.2, 0.25) is 0 Å². The van der Waals surface area contributed by atoms with E-state index in [9.17, 15) is 4.79 Å². The van der Waals surface area contributed by atoms with Crippen LogP contribution in [0, 0.1) is 0 Å². The van der Waals surface area contributed by atoms with Crippen molar-refractivity contribution in [1.82, 2.24) is 4.90 Å². The normalized spacial score (nSPS) is 15.2. The molecule has 0 saturated carbocycles. The van der Waals surface area contributed by atoms with Crippen molar-refractivity contribution in [2.24, 2.45) is 0 Å². The predicted octanol–water partition coefficient (Wildman–Crippen LogP) is 3.48. The van der Waals surface area contributed by atoms with Gasteiger partial charge in [0.05, 0.1) is 0 Å². The molecule has 0 fully saturated rings. The zero-order chi connectivity index (χ0) is 12.1. The van der Waals surface area contributed by atoms with Crippen LogP contribution in [0.4, 0.5) is 4.79 Å². The molecule has 0 radical (unpaired) electrons. The molecule has 0 spiro atoms. The van der Waals surface area contributed by atoms with Gasteiger partial charge >= 0.3 is 6.09 Å². The summed E-state index contributed by atoms with van der Waals surface area (Å²) in [4.78, 5) is 13.7. The van der Waals surface area contributed by atoms with Gasteiger partial charge in [-0.1, -0.05) is 12.2 Å². The number of amides is 1. The van der Waals surface area contributed by atoms with Crippen LogP contribution in [-0.4, -0.2) is 23.1 Å². The highest BCUT2D eigenvalue weighted by molar-refractivity contribution is 5.69. The zero-order valence-electron chi connectivity index (χ0n) is 10.6. The molecular weight excluding hydrogens is 202 g/mol. The SMILES string of the molecule is CC(C)N(C(=O)OC1=CC=CCC1)C(C)C. The summed E-state index contributed by atoms with van der Waals surface area (Å²) < 4.78 is 5.37. The third kappa shape index (κ3) is 3.40. The van der Waals surface area contributed by atoms with Gasteiger partial charge in [-0.2, -0.15) is 0 Å². The van der Waals surface area contributed by atoms with E-state index in [4.69, 9.17) is 4.74 Å². The highest BCUT2D eigenvalue weighted by Gasteiger charge is 2.22. The van der Waals surface area contributed by atoms with Gasteiger partial charge in [0, 0.05) is 18.5 Å². The van der Waals surface area contributed by atoms with E-state index in [1.165, 1.54) is 0 Å². The Hall–Kier alpha value is -1.25. The highest BCUT2D eigenvalue weighted by Crippen LogP contribution is 2.16. The minimum atomic E-state index is -0.244. The average Bonchev–Trinajstić information content (AvgIpc) is 2.17. The summed E-state index contributed by atoms with van der Waals surface area (Å²) in [5.74, 6) is 0.763. The minimum Gasteiger partial charge on any atom is -0.415 e. The Labute approximate surface area is 97.8 Å². The van der Waals surface area contributed by atoms with Crippen LogP contribution >= 0.6 is 0 Å². The Morgan fingerprint density at radius 1 is 1.31 bits per heavy atom. The van der Waals surface area contributed by atoms with Crippen LogP contribution in [0.1, 0.15) is 40.5 Å². The molecule has 1 rings (SSSR count). The van der Waals surface area contributed by atoms with Crippen molar-refractivity contribution < 1.29 is 9.53 Å². The number of hydrogen-bond acceptors (Lipinski definition) is 2. The Kier molecular flexibility index (Phi) is 4.59. The van der Waals surface area contributed by atoms with Crippen LogP contribution in [0.2, 0.25) is 0 Å².